The van der Waals surface area contributed by atoms with Crippen LogP contribution in [0.4, 0.5) is 32.0 Å². The van der Waals surface area contributed by atoms with Crippen LogP contribution in [-0.2, 0) is 0 Å². The van der Waals surface area contributed by atoms with E-state index in [4.69, 9.17) is 18.4 Å². The number of benzene rings is 3. The van der Waals surface area contributed by atoms with E-state index in [2.05, 4.69) is 9.69 Å². The maximum absolute atomic E-state index is 14.4. The molecule has 1 saturated carbocycles. The largest absolute Gasteiger partial charge is 0.256 e. The van der Waals surface area contributed by atoms with E-state index in [1.54, 1.807) is 12.1 Å². The molecule has 0 aromatic heterocycles. The first-order valence-electron chi connectivity index (χ1n) is 11.2. The van der Waals surface area contributed by atoms with Gasteiger partial charge in [0.15, 0.2) is 0 Å². The molecular formula is C30H9F6N5. The molecule has 4 rings (SSSR count). The van der Waals surface area contributed by atoms with Crippen molar-refractivity contribution in [1.29, 1.82) is 15.8 Å². The summed E-state index contributed by atoms with van der Waals surface area (Å²) in [5, 5.41) is 28.9. The fourth-order valence-electron chi connectivity index (χ4n) is 4.14. The van der Waals surface area contributed by atoms with Gasteiger partial charge in [-0.3, -0.25) is 0 Å². The van der Waals surface area contributed by atoms with Gasteiger partial charge in [0, 0.05) is 5.56 Å². The molecule has 0 N–H and O–H groups in total. The molecule has 196 valence electrons. The molecule has 11 heteroatoms. The van der Waals surface area contributed by atoms with Crippen LogP contribution in [0.25, 0.3) is 26.5 Å². The highest BCUT2D eigenvalue weighted by Crippen LogP contribution is 2.56. The first-order valence-corrected chi connectivity index (χ1v) is 11.2. The predicted molar refractivity (Wildman–Crippen MR) is 133 cm³/mol. The Morgan fingerprint density at radius 3 is 1.41 bits per heavy atom. The summed E-state index contributed by atoms with van der Waals surface area (Å²) >= 11 is 0. The summed E-state index contributed by atoms with van der Waals surface area (Å²) in [6, 6.07) is 9.12. The summed E-state index contributed by atoms with van der Waals surface area (Å²) < 4.78 is 86.6. The maximum atomic E-state index is 14.4. The molecule has 3 aromatic rings. The van der Waals surface area contributed by atoms with Gasteiger partial charge in [-0.25, -0.2) is 36.0 Å². The van der Waals surface area contributed by atoms with Gasteiger partial charge in [0.2, 0.25) is 5.70 Å². The summed E-state index contributed by atoms with van der Waals surface area (Å²) in [7, 11) is 0. The summed E-state index contributed by atoms with van der Waals surface area (Å²) in [6.45, 7) is 15.7. The highest BCUT2D eigenvalue weighted by atomic mass is 19.2. The lowest BCUT2D eigenvalue weighted by Gasteiger charge is -2.04. The van der Waals surface area contributed by atoms with Gasteiger partial charge >= 0.3 is 0 Å². The number of rotatable bonds is 3. The van der Waals surface area contributed by atoms with E-state index in [9.17, 15) is 36.9 Å². The van der Waals surface area contributed by atoms with Crippen molar-refractivity contribution < 1.29 is 26.3 Å². The van der Waals surface area contributed by atoms with E-state index < -0.39 is 74.1 Å². The van der Waals surface area contributed by atoms with Crippen molar-refractivity contribution in [1.82, 2.24) is 0 Å². The Morgan fingerprint density at radius 1 is 0.634 bits per heavy atom. The third-order valence-corrected chi connectivity index (χ3v) is 6.17. The van der Waals surface area contributed by atoms with E-state index in [-0.39, 0.29) is 27.8 Å². The van der Waals surface area contributed by atoms with E-state index >= 15 is 0 Å². The predicted octanol–water partition coefficient (Wildman–Crippen LogP) is 7.85. The van der Waals surface area contributed by atoms with Crippen LogP contribution < -0.4 is 0 Å². The Hall–Kier alpha value is -6.09. The molecule has 0 unspecified atom stereocenters. The fourth-order valence-corrected chi connectivity index (χ4v) is 4.14. The molecular weight excluding hydrogens is 544 g/mol. The maximum Gasteiger partial charge on any atom is 0.256 e. The molecule has 0 saturated heterocycles. The number of hydrogen-bond acceptors (Lipinski definition) is 3. The van der Waals surface area contributed by atoms with Gasteiger partial charge in [-0.1, -0.05) is 0 Å². The van der Waals surface area contributed by atoms with Gasteiger partial charge < -0.3 is 0 Å². The standard InChI is InChI=1S/C30H9F6N5/c1-13-20(31)4-14(5-21(13)32)17(10-37)26-27(18(11-38)15-6-24(35)30(41-3)25(36)7-15)28(26)29(40-2)16-8-22(33)19(12-39)23(34)9-16/h4-9H,1H3. The van der Waals surface area contributed by atoms with Crippen LogP contribution in [0.15, 0.2) is 53.1 Å². The zero-order chi connectivity index (χ0) is 30.2. The number of nitriles is 3. The van der Waals surface area contributed by atoms with Gasteiger partial charge in [-0.2, -0.15) is 15.8 Å². The molecule has 1 fully saturated rings. The molecule has 0 amide bonds. The van der Waals surface area contributed by atoms with Crippen LogP contribution in [0.1, 0.15) is 27.8 Å². The lowest BCUT2D eigenvalue weighted by molar-refractivity contribution is 0.567. The van der Waals surface area contributed by atoms with Crippen molar-refractivity contribution in [3.05, 3.63) is 139 Å². The third-order valence-electron chi connectivity index (χ3n) is 6.17. The zero-order valence-electron chi connectivity index (χ0n) is 20.5. The van der Waals surface area contributed by atoms with Gasteiger partial charge in [-0.05, 0) is 76.7 Å². The van der Waals surface area contributed by atoms with Crippen molar-refractivity contribution in [3.8, 4) is 18.2 Å². The quantitative estimate of drug-likeness (QED) is 0.188. The zero-order valence-corrected chi connectivity index (χ0v) is 20.5. The molecule has 0 radical (unpaired) electrons. The van der Waals surface area contributed by atoms with Crippen molar-refractivity contribution >= 4 is 22.5 Å². The van der Waals surface area contributed by atoms with Gasteiger partial charge in [0.05, 0.1) is 24.3 Å². The van der Waals surface area contributed by atoms with Gasteiger partial charge in [0.25, 0.3) is 5.69 Å². The van der Waals surface area contributed by atoms with Crippen LogP contribution in [0.5, 0.6) is 0 Å². The lowest BCUT2D eigenvalue weighted by atomic mass is 10.0. The van der Waals surface area contributed by atoms with E-state index in [1.807, 2.05) is 0 Å². The van der Waals surface area contributed by atoms with E-state index in [0.29, 0.717) is 24.3 Å². The molecule has 0 heterocycles. The highest BCUT2D eigenvalue weighted by Gasteiger charge is 2.41. The molecule has 0 bridgehead atoms. The minimum Gasteiger partial charge on any atom is -0.237 e. The molecule has 5 nitrogen and oxygen atoms in total. The second-order valence-electron chi connectivity index (χ2n) is 8.45. The minimum atomic E-state index is -1.32. The minimum absolute atomic E-state index is 0.238. The summed E-state index contributed by atoms with van der Waals surface area (Å²) in [5.74, 6) is -7.31. The molecule has 0 spiro atoms. The van der Waals surface area contributed by atoms with Crippen LogP contribution in [-0.4, -0.2) is 0 Å². The highest BCUT2D eigenvalue weighted by molar-refractivity contribution is 6.11. The number of halogens is 6. The first kappa shape index (κ1) is 27.9. The average molecular weight is 553 g/mol. The molecule has 1 aliphatic carbocycles. The van der Waals surface area contributed by atoms with Gasteiger partial charge in [-0.15, -0.1) is 0 Å². The van der Waals surface area contributed by atoms with E-state index in [0.717, 1.165) is 19.1 Å². The van der Waals surface area contributed by atoms with E-state index in [1.165, 1.54) is 6.07 Å². The van der Waals surface area contributed by atoms with Crippen molar-refractivity contribution in [2.75, 3.05) is 0 Å². The van der Waals surface area contributed by atoms with Crippen LogP contribution in [0.3, 0.4) is 0 Å². The monoisotopic (exact) mass is 553 g/mol. The number of nitrogens with zero attached hydrogens (tertiary/aromatic N) is 5. The number of hydrogen-bond donors (Lipinski definition) is 0. The second kappa shape index (κ2) is 10.6. The van der Waals surface area contributed by atoms with Gasteiger partial charge in [0.1, 0.15) is 58.7 Å². The lowest BCUT2D eigenvalue weighted by Crippen LogP contribution is -1.94. The Morgan fingerprint density at radius 2 is 1.05 bits per heavy atom. The topological polar surface area (TPSA) is 80.1 Å². The number of allylic oxidation sites excluding steroid dienone is 5. The van der Waals surface area contributed by atoms with Crippen LogP contribution in [0, 0.1) is 89.0 Å². The first-order chi connectivity index (χ1) is 19.5. The Bertz CT molecular complexity index is 1840. The average Bonchev–Trinajstić information content (AvgIpc) is 3.62. The fraction of sp³-hybridized carbons (Fsp3) is 0.0333. The van der Waals surface area contributed by atoms with Crippen molar-refractivity contribution in [2.24, 2.45) is 0 Å². The van der Waals surface area contributed by atoms with Crippen molar-refractivity contribution in [2.45, 2.75) is 6.92 Å². The smallest absolute Gasteiger partial charge is 0.237 e. The molecule has 1 aliphatic rings. The normalized spacial score (nSPS) is 15.5. The Labute approximate surface area is 228 Å². The third kappa shape index (κ3) is 4.68. The molecule has 3 aromatic carbocycles. The Kier molecular flexibility index (Phi) is 7.21. The summed E-state index contributed by atoms with van der Waals surface area (Å²) in [6.07, 6.45) is 0. The molecule has 0 atom stereocenters. The van der Waals surface area contributed by atoms with Crippen molar-refractivity contribution in [3.63, 3.8) is 0 Å². The Balaban J connectivity index is 2.17. The molecule has 0 aliphatic heterocycles. The second-order valence-corrected chi connectivity index (χ2v) is 8.45. The summed E-state index contributed by atoms with van der Waals surface area (Å²) in [5.41, 5.74) is -5.58. The van der Waals surface area contributed by atoms with Crippen LogP contribution in [0.2, 0.25) is 0 Å². The molecule has 41 heavy (non-hydrogen) atoms. The van der Waals surface area contributed by atoms with Crippen LogP contribution >= 0.6 is 0 Å². The summed E-state index contributed by atoms with van der Waals surface area (Å²) in [4.78, 5) is 6.02. The SMILES string of the molecule is [C-]#[N+]C(=C1C(=C(C#N)c2cc(F)c(C)c(F)c2)C1=C(C#N)c1cc(F)c([N+]#[C-])c(F)c1)c1cc(F)c(C#N)c(F)c1.